The lowest BCUT2D eigenvalue weighted by molar-refractivity contribution is -0.137. The van der Waals surface area contributed by atoms with E-state index >= 15 is 0 Å². The molecule has 0 aromatic heterocycles. The van der Waals surface area contributed by atoms with Crippen molar-refractivity contribution in [2.24, 2.45) is 0 Å². The molecule has 26 heavy (non-hydrogen) atoms. The van der Waals surface area contributed by atoms with Crippen LogP contribution in [0.15, 0.2) is 53.4 Å². The van der Waals surface area contributed by atoms with Gasteiger partial charge >= 0.3 is 6.18 Å². The van der Waals surface area contributed by atoms with E-state index in [1.54, 1.807) is 24.3 Å². The van der Waals surface area contributed by atoms with Crippen LogP contribution < -0.4 is 9.64 Å². The molecule has 0 atom stereocenters. The van der Waals surface area contributed by atoms with Gasteiger partial charge in [0.2, 0.25) is 0 Å². The molecule has 2 aromatic rings. The monoisotopic (exact) mass is 379 g/mol. The van der Waals surface area contributed by atoms with Gasteiger partial charge < -0.3 is 4.74 Å². The van der Waals surface area contributed by atoms with Crippen LogP contribution >= 0.6 is 11.8 Å². The average molecular weight is 379 g/mol. The van der Waals surface area contributed by atoms with E-state index in [2.05, 4.69) is 0 Å². The summed E-state index contributed by atoms with van der Waals surface area (Å²) in [6.45, 7) is 0. The third kappa shape index (κ3) is 3.60. The summed E-state index contributed by atoms with van der Waals surface area (Å²) < 4.78 is 43.6. The predicted octanol–water partition coefficient (Wildman–Crippen LogP) is 4.95. The van der Waals surface area contributed by atoms with Gasteiger partial charge in [-0.1, -0.05) is 18.2 Å². The van der Waals surface area contributed by atoms with Crippen molar-refractivity contribution in [3.63, 3.8) is 0 Å². The summed E-state index contributed by atoms with van der Waals surface area (Å²) in [6, 6.07) is 10.9. The fourth-order valence-electron chi connectivity index (χ4n) is 2.36. The predicted molar refractivity (Wildman–Crippen MR) is 92.9 cm³/mol. The van der Waals surface area contributed by atoms with Crippen LogP contribution in [0.1, 0.15) is 11.1 Å². The molecule has 4 nitrogen and oxygen atoms in total. The molecular formula is C18H12F3NO3S. The molecule has 1 heterocycles. The molecule has 2 aromatic carbocycles. The number of nitrogens with zero attached hydrogens (tertiary/aromatic N) is 1. The highest BCUT2D eigenvalue weighted by Gasteiger charge is 2.38. The van der Waals surface area contributed by atoms with E-state index in [-0.39, 0.29) is 10.6 Å². The number of rotatable bonds is 3. The second kappa shape index (κ2) is 6.87. The van der Waals surface area contributed by atoms with Crippen molar-refractivity contribution in [2.75, 3.05) is 12.0 Å². The number of imide groups is 1. The first-order valence-electron chi connectivity index (χ1n) is 7.39. The number of anilines is 1. The third-order valence-corrected chi connectivity index (χ3v) is 4.51. The third-order valence-electron chi connectivity index (χ3n) is 3.64. The number of amides is 2. The van der Waals surface area contributed by atoms with Crippen LogP contribution in [0, 0.1) is 0 Å². The van der Waals surface area contributed by atoms with E-state index < -0.39 is 22.9 Å². The summed E-state index contributed by atoms with van der Waals surface area (Å²) in [5.41, 5.74) is -0.367. The first-order valence-corrected chi connectivity index (χ1v) is 8.20. The molecular weight excluding hydrogens is 367 g/mol. The maximum absolute atomic E-state index is 12.9. The molecule has 0 bridgehead atoms. The van der Waals surface area contributed by atoms with Gasteiger partial charge in [0.25, 0.3) is 11.1 Å². The van der Waals surface area contributed by atoms with Crippen LogP contribution in [-0.4, -0.2) is 18.3 Å². The topological polar surface area (TPSA) is 46.6 Å². The first kappa shape index (κ1) is 18.1. The number of thioether (sulfide) groups is 1. The van der Waals surface area contributed by atoms with Gasteiger partial charge in [0.15, 0.2) is 0 Å². The fourth-order valence-corrected chi connectivity index (χ4v) is 3.20. The molecule has 2 amide bonds. The standard InChI is InChI=1S/C18H12F3NO3S/c1-25-14-7-5-11(6-8-14)9-15-16(23)22(17(24)26-15)13-4-2-3-12(10-13)18(19,20)21/h2-10H,1H3/b15-9-. The molecule has 0 spiro atoms. The fraction of sp³-hybridized carbons (Fsp3) is 0.111. The van der Waals surface area contributed by atoms with Crippen molar-refractivity contribution in [1.29, 1.82) is 0 Å². The van der Waals surface area contributed by atoms with Crippen LogP contribution in [0.3, 0.4) is 0 Å². The quantitative estimate of drug-likeness (QED) is 0.708. The maximum Gasteiger partial charge on any atom is 0.416 e. The minimum Gasteiger partial charge on any atom is -0.497 e. The van der Waals surface area contributed by atoms with Crippen LogP contribution in [0.5, 0.6) is 5.75 Å². The lowest BCUT2D eigenvalue weighted by Gasteiger charge is -2.14. The minimum atomic E-state index is -4.56. The molecule has 0 unspecified atom stereocenters. The number of halogens is 3. The lowest BCUT2D eigenvalue weighted by atomic mass is 10.1. The summed E-state index contributed by atoms with van der Waals surface area (Å²) in [7, 11) is 1.52. The molecule has 3 rings (SSSR count). The van der Waals surface area contributed by atoms with Crippen LogP contribution in [0.2, 0.25) is 0 Å². The number of carbonyl (C=O) groups excluding carboxylic acids is 2. The summed E-state index contributed by atoms with van der Waals surface area (Å²) in [5.74, 6) is -0.0191. The Morgan fingerprint density at radius 1 is 1.08 bits per heavy atom. The van der Waals surface area contributed by atoms with Crippen LogP contribution in [0.4, 0.5) is 23.7 Å². The smallest absolute Gasteiger partial charge is 0.416 e. The highest BCUT2D eigenvalue weighted by atomic mass is 32.2. The second-order valence-electron chi connectivity index (χ2n) is 5.34. The van der Waals surface area contributed by atoms with E-state index in [0.717, 1.165) is 23.1 Å². The molecule has 0 aliphatic carbocycles. The Balaban J connectivity index is 1.90. The van der Waals surface area contributed by atoms with Gasteiger partial charge in [-0.25, -0.2) is 4.90 Å². The van der Waals surface area contributed by atoms with Gasteiger partial charge in [-0.3, -0.25) is 9.59 Å². The number of carbonyl (C=O) groups is 2. The number of hydrogen-bond acceptors (Lipinski definition) is 4. The van der Waals surface area contributed by atoms with Crippen molar-refractivity contribution in [3.05, 3.63) is 64.6 Å². The summed E-state index contributed by atoms with van der Waals surface area (Å²) in [5, 5.41) is -0.644. The molecule has 1 saturated heterocycles. The Kier molecular flexibility index (Phi) is 4.78. The Morgan fingerprint density at radius 2 is 1.77 bits per heavy atom. The van der Waals surface area contributed by atoms with Crippen LogP contribution in [0.25, 0.3) is 6.08 Å². The van der Waals surface area contributed by atoms with Gasteiger partial charge in [-0.15, -0.1) is 0 Å². The van der Waals surface area contributed by atoms with Gasteiger partial charge in [-0.05, 0) is 53.7 Å². The van der Waals surface area contributed by atoms with E-state index in [4.69, 9.17) is 4.74 Å². The number of alkyl halides is 3. The zero-order valence-corrected chi connectivity index (χ0v) is 14.2. The number of ether oxygens (including phenoxy) is 1. The van der Waals surface area contributed by atoms with Crippen molar-refractivity contribution in [1.82, 2.24) is 0 Å². The van der Waals surface area contributed by atoms with Crippen molar-refractivity contribution >= 4 is 34.7 Å². The lowest BCUT2D eigenvalue weighted by Crippen LogP contribution is -2.28. The first-order chi connectivity index (χ1) is 12.3. The van der Waals surface area contributed by atoms with Crippen molar-refractivity contribution < 1.29 is 27.5 Å². The van der Waals surface area contributed by atoms with Crippen LogP contribution in [-0.2, 0) is 11.0 Å². The van der Waals surface area contributed by atoms with Gasteiger partial charge in [-0.2, -0.15) is 13.2 Å². The molecule has 1 aliphatic heterocycles. The number of hydrogen-bond donors (Lipinski definition) is 0. The zero-order valence-electron chi connectivity index (χ0n) is 13.4. The zero-order chi connectivity index (χ0) is 18.9. The van der Waals surface area contributed by atoms with E-state index in [1.165, 1.54) is 19.3 Å². The van der Waals surface area contributed by atoms with Gasteiger partial charge in [0.1, 0.15) is 5.75 Å². The summed E-state index contributed by atoms with van der Waals surface area (Å²) >= 11 is 0.681. The highest BCUT2D eigenvalue weighted by molar-refractivity contribution is 8.19. The van der Waals surface area contributed by atoms with Gasteiger partial charge in [0.05, 0.1) is 23.3 Å². The summed E-state index contributed by atoms with van der Waals surface area (Å²) in [6.07, 6.45) is -3.05. The Morgan fingerprint density at radius 3 is 2.38 bits per heavy atom. The van der Waals surface area contributed by atoms with E-state index in [1.807, 2.05) is 0 Å². The molecule has 134 valence electrons. The van der Waals surface area contributed by atoms with Crippen molar-refractivity contribution in [3.8, 4) is 5.75 Å². The van der Waals surface area contributed by atoms with Gasteiger partial charge in [0, 0.05) is 0 Å². The van der Waals surface area contributed by atoms with E-state index in [9.17, 15) is 22.8 Å². The average Bonchev–Trinajstić information content (AvgIpc) is 2.88. The largest absolute Gasteiger partial charge is 0.497 e. The number of methoxy groups -OCH3 is 1. The van der Waals surface area contributed by atoms with Crippen molar-refractivity contribution in [2.45, 2.75) is 6.18 Å². The number of benzene rings is 2. The van der Waals surface area contributed by atoms with E-state index in [0.29, 0.717) is 23.1 Å². The SMILES string of the molecule is COc1ccc(/C=C2\SC(=O)N(c3cccc(C(F)(F)F)c3)C2=O)cc1. The molecule has 1 fully saturated rings. The summed E-state index contributed by atoms with van der Waals surface area (Å²) in [4.78, 5) is 25.6. The Labute approximate surface area is 151 Å². The highest BCUT2D eigenvalue weighted by Crippen LogP contribution is 2.38. The second-order valence-corrected chi connectivity index (χ2v) is 6.33. The molecule has 0 radical (unpaired) electrons. The molecule has 0 saturated carbocycles. The molecule has 8 heteroatoms. The Hall–Kier alpha value is -2.74. The normalized spacial score (nSPS) is 16.5. The molecule has 1 aliphatic rings. The molecule has 0 N–H and O–H groups in total. The minimum absolute atomic E-state index is 0.111. The maximum atomic E-state index is 12.9. The Bertz CT molecular complexity index is 891.